The molecule has 4 heteroatoms. The van der Waals surface area contributed by atoms with Crippen LogP contribution in [0.3, 0.4) is 0 Å². The molecule has 3 nitrogen and oxygen atoms in total. The topological polar surface area (TPSA) is 30.7 Å². The summed E-state index contributed by atoms with van der Waals surface area (Å²) in [6.07, 6.45) is 1.77. The molecule has 0 N–H and O–H groups in total. The normalized spacial score (nSPS) is 11.4. The monoisotopic (exact) mass is 359 g/mol. The van der Waals surface area contributed by atoms with Crippen molar-refractivity contribution in [1.82, 2.24) is 14.8 Å². The van der Waals surface area contributed by atoms with Crippen LogP contribution in [0, 0.1) is 0 Å². The van der Waals surface area contributed by atoms with E-state index in [1.54, 1.807) is 6.33 Å². The minimum Gasteiger partial charge on any atom is -0.298 e. The SMILES string of the molecule is ClCc1nncn1C(c1ccccc1)(c1ccccc1)c1ccccc1. The van der Waals surface area contributed by atoms with Crippen LogP contribution in [0.1, 0.15) is 22.5 Å². The van der Waals surface area contributed by atoms with Crippen molar-refractivity contribution in [3.05, 3.63) is 120 Å². The summed E-state index contributed by atoms with van der Waals surface area (Å²) in [6.45, 7) is 0. The van der Waals surface area contributed by atoms with Crippen LogP contribution in [0.5, 0.6) is 0 Å². The van der Waals surface area contributed by atoms with Gasteiger partial charge in [0.05, 0.1) is 5.88 Å². The molecule has 0 saturated heterocycles. The van der Waals surface area contributed by atoms with E-state index >= 15 is 0 Å². The summed E-state index contributed by atoms with van der Waals surface area (Å²) in [4.78, 5) is 0. The highest BCUT2D eigenvalue weighted by molar-refractivity contribution is 6.16. The van der Waals surface area contributed by atoms with E-state index in [2.05, 4.69) is 87.6 Å². The van der Waals surface area contributed by atoms with E-state index in [4.69, 9.17) is 11.6 Å². The second-order valence-electron chi connectivity index (χ2n) is 6.06. The van der Waals surface area contributed by atoms with Gasteiger partial charge in [0, 0.05) is 0 Å². The molecule has 0 fully saturated rings. The van der Waals surface area contributed by atoms with Crippen LogP contribution in [-0.2, 0) is 11.4 Å². The Balaban J connectivity index is 2.15. The molecule has 0 aliphatic heterocycles. The zero-order valence-electron chi connectivity index (χ0n) is 14.2. The maximum absolute atomic E-state index is 6.22. The Hall–Kier alpha value is -2.91. The van der Waals surface area contributed by atoms with E-state index in [0.717, 1.165) is 22.5 Å². The van der Waals surface area contributed by atoms with Crippen LogP contribution < -0.4 is 0 Å². The van der Waals surface area contributed by atoms with Crippen molar-refractivity contribution < 1.29 is 0 Å². The molecule has 1 aromatic heterocycles. The number of nitrogens with zero attached hydrogens (tertiary/aromatic N) is 3. The molecule has 128 valence electrons. The van der Waals surface area contributed by atoms with Crippen molar-refractivity contribution in [2.24, 2.45) is 0 Å². The van der Waals surface area contributed by atoms with Crippen molar-refractivity contribution in [2.45, 2.75) is 11.4 Å². The lowest BCUT2D eigenvalue weighted by Gasteiger charge is -2.37. The molecule has 0 spiro atoms. The molecule has 3 aromatic carbocycles. The van der Waals surface area contributed by atoms with Gasteiger partial charge in [-0.15, -0.1) is 21.8 Å². The second kappa shape index (κ2) is 7.14. The Morgan fingerprint density at radius 1 is 0.692 bits per heavy atom. The molecule has 4 aromatic rings. The molecular formula is C22H18ClN3. The molecule has 0 amide bonds. The maximum atomic E-state index is 6.22. The summed E-state index contributed by atoms with van der Waals surface area (Å²) in [7, 11) is 0. The van der Waals surface area contributed by atoms with Crippen molar-refractivity contribution in [3.8, 4) is 0 Å². The molecule has 0 saturated carbocycles. The van der Waals surface area contributed by atoms with Crippen LogP contribution >= 0.6 is 11.6 Å². The number of hydrogen-bond donors (Lipinski definition) is 0. The Morgan fingerprint density at radius 3 is 1.50 bits per heavy atom. The van der Waals surface area contributed by atoms with Crippen molar-refractivity contribution >= 4 is 11.6 Å². The molecule has 4 rings (SSSR count). The van der Waals surface area contributed by atoms with Crippen molar-refractivity contribution in [1.29, 1.82) is 0 Å². The smallest absolute Gasteiger partial charge is 0.149 e. The van der Waals surface area contributed by atoms with Crippen LogP contribution in [-0.4, -0.2) is 14.8 Å². The quantitative estimate of drug-likeness (QED) is 0.376. The molecule has 0 atom stereocenters. The van der Waals surface area contributed by atoms with Gasteiger partial charge in [-0.05, 0) is 16.7 Å². The second-order valence-corrected chi connectivity index (χ2v) is 6.33. The first-order valence-electron chi connectivity index (χ1n) is 8.49. The van der Waals surface area contributed by atoms with Gasteiger partial charge in [0.25, 0.3) is 0 Å². The maximum Gasteiger partial charge on any atom is 0.149 e. The van der Waals surface area contributed by atoms with Gasteiger partial charge >= 0.3 is 0 Å². The first-order valence-corrected chi connectivity index (χ1v) is 9.02. The Kier molecular flexibility index (Phi) is 4.55. The highest BCUT2D eigenvalue weighted by Gasteiger charge is 2.39. The molecule has 0 radical (unpaired) electrons. The van der Waals surface area contributed by atoms with Gasteiger partial charge in [-0.3, -0.25) is 4.57 Å². The number of benzene rings is 3. The fourth-order valence-corrected chi connectivity index (χ4v) is 3.77. The summed E-state index contributed by atoms with van der Waals surface area (Å²) < 4.78 is 2.08. The Bertz CT molecular complexity index is 869. The fourth-order valence-electron chi connectivity index (χ4n) is 3.59. The summed E-state index contributed by atoms with van der Waals surface area (Å²) in [5, 5.41) is 8.42. The number of alkyl halides is 1. The van der Waals surface area contributed by atoms with Gasteiger partial charge in [0.1, 0.15) is 17.7 Å². The third kappa shape index (κ3) is 2.61. The first-order chi connectivity index (χ1) is 12.9. The Morgan fingerprint density at radius 2 is 1.12 bits per heavy atom. The molecule has 0 aliphatic rings. The van der Waals surface area contributed by atoms with Gasteiger partial charge in [-0.25, -0.2) is 0 Å². The fraction of sp³-hybridized carbons (Fsp3) is 0.0909. The van der Waals surface area contributed by atoms with E-state index in [1.807, 2.05) is 18.2 Å². The van der Waals surface area contributed by atoms with Gasteiger partial charge in [0.2, 0.25) is 0 Å². The van der Waals surface area contributed by atoms with Crippen molar-refractivity contribution in [2.75, 3.05) is 0 Å². The van der Waals surface area contributed by atoms with E-state index in [1.165, 1.54) is 0 Å². The largest absolute Gasteiger partial charge is 0.298 e. The minimum absolute atomic E-state index is 0.286. The minimum atomic E-state index is -0.600. The predicted octanol–water partition coefficient (Wildman–Crippen LogP) is 4.86. The highest BCUT2D eigenvalue weighted by atomic mass is 35.5. The zero-order chi connectivity index (χ0) is 17.8. The molecule has 0 bridgehead atoms. The lowest BCUT2D eigenvalue weighted by Crippen LogP contribution is -2.38. The molecule has 0 unspecified atom stereocenters. The third-order valence-electron chi connectivity index (χ3n) is 4.67. The van der Waals surface area contributed by atoms with Crippen molar-refractivity contribution in [3.63, 3.8) is 0 Å². The predicted molar refractivity (Wildman–Crippen MR) is 104 cm³/mol. The molecule has 26 heavy (non-hydrogen) atoms. The highest BCUT2D eigenvalue weighted by Crippen LogP contribution is 2.41. The summed E-state index contributed by atoms with van der Waals surface area (Å²) in [5.74, 6) is 1.01. The van der Waals surface area contributed by atoms with Gasteiger partial charge in [-0.1, -0.05) is 91.0 Å². The van der Waals surface area contributed by atoms with Crippen LogP contribution in [0.4, 0.5) is 0 Å². The average molecular weight is 360 g/mol. The van der Waals surface area contributed by atoms with Crippen LogP contribution in [0.2, 0.25) is 0 Å². The van der Waals surface area contributed by atoms with E-state index in [0.29, 0.717) is 0 Å². The lowest BCUT2D eigenvalue weighted by molar-refractivity contribution is 0.499. The van der Waals surface area contributed by atoms with Crippen LogP contribution in [0.25, 0.3) is 0 Å². The zero-order valence-corrected chi connectivity index (χ0v) is 14.9. The third-order valence-corrected chi connectivity index (χ3v) is 4.91. The van der Waals surface area contributed by atoms with E-state index < -0.39 is 5.54 Å². The van der Waals surface area contributed by atoms with E-state index in [9.17, 15) is 0 Å². The summed E-state index contributed by atoms with van der Waals surface area (Å²) >= 11 is 6.22. The van der Waals surface area contributed by atoms with Crippen LogP contribution in [0.15, 0.2) is 97.3 Å². The number of hydrogen-bond acceptors (Lipinski definition) is 2. The summed E-state index contributed by atoms with van der Waals surface area (Å²) in [5.41, 5.74) is 2.79. The summed E-state index contributed by atoms with van der Waals surface area (Å²) in [6, 6.07) is 31.2. The molecule has 1 heterocycles. The number of aromatic nitrogens is 3. The average Bonchev–Trinajstić information content (AvgIpc) is 3.20. The van der Waals surface area contributed by atoms with Gasteiger partial charge in [-0.2, -0.15) is 0 Å². The number of rotatable bonds is 5. The lowest BCUT2D eigenvalue weighted by atomic mass is 9.76. The molecular weight excluding hydrogens is 342 g/mol. The molecule has 0 aliphatic carbocycles. The standard InChI is InChI=1S/C22H18ClN3/c23-16-21-25-24-17-26(21)22(18-10-4-1-5-11-18,19-12-6-2-7-13-19)20-14-8-3-9-15-20/h1-15,17H,16H2. The number of halogens is 1. The van der Waals surface area contributed by atoms with Gasteiger partial charge < -0.3 is 0 Å². The van der Waals surface area contributed by atoms with Gasteiger partial charge in [0.15, 0.2) is 0 Å². The van der Waals surface area contributed by atoms with E-state index in [-0.39, 0.29) is 5.88 Å². The Labute approximate surface area is 157 Å². The first kappa shape index (κ1) is 16.6.